The van der Waals surface area contributed by atoms with Crippen molar-refractivity contribution in [1.29, 1.82) is 0 Å². The predicted molar refractivity (Wildman–Crippen MR) is 87.4 cm³/mol. The third-order valence-corrected chi connectivity index (χ3v) is 4.22. The molecule has 1 aromatic carbocycles. The van der Waals surface area contributed by atoms with Crippen LogP contribution in [-0.4, -0.2) is 37.1 Å². The van der Waals surface area contributed by atoms with Gasteiger partial charge in [0.2, 0.25) is 5.91 Å². The predicted octanol–water partition coefficient (Wildman–Crippen LogP) is 2.83. The van der Waals surface area contributed by atoms with Gasteiger partial charge in [0.15, 0.2) is 0 Å². The van der Waals surface area contributed by atoms with Crippen LogP contribution in [0.2, 0.25) is 10.0 Å². The Hall–Kier alpha value is -0.520. The van der Waals surface area contributed by atoms with Gasteiger partial charge in [-0.15, -0.1) is 12.4 Å². The van der Waals surface area contributed by atoms with Gasteiger partial charge < -0.3 is 15.4 Å². The van der Waals surface area contributed by atoms with Crippen molar-refractivity contribution in [3.05, 3.63) is 33.3 Å². The highest BCUT2D eigenvalue weighted by Gasteiger charge is 2.31. The summed E-state index contributed by atoms with van der Waals surface area (Å²) in [5, 5.41) is 1.24. The largest absolute Gasteiger partial charge is 0.383 e. The molecule has 0 saturated carbocycles. The lowest BCUT2D eigenvalue weighted by molar-refractivity contribution is -0.136. The van der Waals surface area contributed by atoms with Crippen LogP contribution < -0.4 is 5.73 Å². The molecular weight excluding hydrogens is 335 g/mol. The highest BCUT2D eigenvalue weighted by atomic mass is 35.5. The van der Waals surface area contributed by atoms with E-state index in [1.165, 1.54) is 7.11 Å². The number of carbonyl (C=O) groups is 1. The van der Waals surface area contributed by atoms with Crippen molar-refractivity contribution in [1.82, 2.24) is 4.90 Å². The van der Waals surface area contributed by atoms with Gasteiger partial charge in [0, 0.05) is 23.7 Å². The fraction of sp³-hybridized carbons (Fsp3) is 0.500. The van der Waals surface area contributed by atoms with Gasteiger partial charge in [0.25, 0.3) is 0 Å². The molecule has 0 saturated heterocycles. The fourth-order valence-electron chi connectivity index (χ4n) is 2.62. The molecule has 0 radical (unpaired) electrons. The molecule has 0 spiro atoms. The fourth-order valence-corrected chi connectivity index (χ4v) is 3.22. The molecule has 2 unspecified atom stereocenters. The maximum Gasteiger partial charge on any atom is 0.242 e. The van der Waals surface area contributed by atoms with E-state index < -0.39 is 6.04 Å². The molecule has 0 aromatic heterocycles. The van der Waals surface area contributed by atoms with Crippen LogP contribution in [0.5, 0.6) is 0 Å². The van der Waals surface area contributed by atoms with Gasteiger partial charge in [-0.1, -0.05) is 23.2 Å². The average Bonchev–Trinajstić information content (AvgIpc) is 2.39. The molecule has 2 atom stereocenters. The van der Waals surface area contributed by atoms with Crippen LogP contribution in [0.4, 0.5) is 0 Å². The highest BCUT2D eigenvalue weighted by Crippen LogP contribution is 2.36. The minimum absolute atomic E-state index is 0. The van der Waals surface area contributed by atoms with Crippen molar-refractivity contribution in [2.45, 2.75) is 25.4 Å². The number of carbonyl (C=O) groups excluding carboxylic acids is 1. The Morgan fingerprint density at radius 1 is 1.52 bits per heavy atom. The molecule has 1 aromatic rings. The van der Waals surface area contributed by atoms with Crippen molar-refractivity contribution < 1.29 is 9.53 Å². The van der Waals surface area contributed by atoms with E-state index in [0.29, 0.717) is 23.0 Å². The molecule has 2 rings (SSSR count). The number of ether oxygens (including phenoxy) is 1. The van der Waals surface area contributed by atoms with Gasteiger partial charge in [0.05, 0.1) is 12.6 Å². The number of methoxy groups -OCH3 is 1. The topological polar surface area (TPSA) is 55.6 Å². The summed E-state index contributed by atoms with van der Waals surface area (Å²) in [4.78, 5) is 14.1. The number of hydrogen-bond acceptors (Lipinski definition) is 3. The van der Waals surface area contributed by atoms with E-state index >= 15 is 0 Å². The Morgan fingerprint density at radius 3 is 2.81 bits per heavy atom. The molecule has 21 heavy (non-hydrogen) atoms. The monoisotopic (exact) mass is 352 g/mol. The van der Waals surface area contributed by atoms with Crippen LogP contribution >= 0.6 is 35.6 Å². The minimum atomic E-state index is -0.640. The third-order valence-electron chi connectivity index (χ3n) is 3.66. The van der Waals surface area contributed by atoms with Crippen molar-refractivity contribution in [2.75, 3.05) is 20.3 Å². The second-order valence-corrected chi connectivity index (χ2v) is 5.82. The van der Waals surface area contributed by atoms with Crippen molar-refractivity contribution >= 4 is 41.5 Å². The first kappa shape index (κ1) is 18.5. The maximum atomic E-state index is 12.3. The number of nitrogens with two attached hydrogens (primary N) is 1. The molecule has 1 heterocycles. The highest BCUT2D eigenvalue weighted by molar-refractivity contribution is 6.35. The molecule has 7 heteroatoms. The average molecular weight is 354 g/mol. The van der Waals surface area contributed by atoms with Crippen LogP contribution in [0.3, 0.4) is 0 Å². The van der Waals surface area contributed by atoms with E-state index in [1.807, 2.05) is 13.0 Å². The molecule has 0 fully saturated rings. The lowest BCUT2D eigenvalue weighted by Crippen LogP contribution is -2.49. The quantitative estimate of drug-likeness (QED) is 0.909. The molecule has 0 aliphatic carbocycles. The summed E-state index contributed by atoms with van der Waals surface area (Å²) in [5.41, 5.74) is 7.89. The third kappa shape index (κ3) is 3.82. The van der Waals surface area contributed by atoms with Crippen molar-refractivity contribution in [3.8, 4) is 0 Å². The number of halogens is 3. The van der Waals surface area contributed by atoms with Gasteiger partial charge in [-0.3, -0.25) is 4.79 Å². The zero-order valence-corrected chi connectivity index (χ0v) is 14.3. The van der Waals surface area contributed by atoms with Gasteiger partial charge >= 0.3 is 0 Å². The van der Waals surface area contributed by atoms with Gasteiger partial charge in [-0.05, 0) is 36.6 Å². The van der Waals surface area contributed by atoms with Crippen LogP contribution in [-0.2, 0) is 16.0 Å². The van der Waals surface area contributed by atoms with Crippen LogP contribution in [0.25, 0.3) is 0 Å². The van der Waals surface area contributed by atoms with E-state index in [0.717, 1.165) is 11.1 Å². The molecule has 1 aliphatic heterocycles. The standard InChI is InChI=1S/C14H18Cl2N2O2.ClH/c1-8-11-5-9(15)6-12(16)10(11)3-4-18(8)14(19)13(17)7-20-2;/h5-6,8,13H,3-4,7,17H2,1-2H3;1H. The first-order valence-electron chi connectivity index (χ1n) is 6.48. The maximum absolute atomic E-state index is 12.3. The summed E-state index contributed by atoms with van der Waals surface area (Å²) in [7, 11) is 1.53. The second kappa shape index (κ2) is 7.65. The van der Waals surface area contributed by atoms with Crippen LogP contribution in [0.15, 0.2) is 12.1 Å². The lowest BCUT2D eigenvalue weighted by atomic mass is 9.93. The minimum Gasteiger partial charge on any atom is -0.383 e. The lowest BCUT2D eigenvalue weighted by Gasteiger charge is -2.37. The van der Waals surface area contributed by atoms with Crippen LogP contribution in [0.1, 0.15) is 24.1 Å². The summed E-state index contributed by atoms with van der Waals surface area (Å²) >= 11 is 12.3. The van der Waals surface area contributed by atoms with Crippen LogP contribution in [0, 0.1) is 0 Å². The summed E-state index contributed by atoms with van der Waals surface area (Å²) in [6, 6.07) is 2.88. The van der Waals surface area contributed by atoms with E-state index in [2.05, 4.69) is 0 Å². The van der Waals surface area contributed by atoms with Crippen molar-refractivity contribution in [2.24, 2.45) is 5.73 Å². The Morgan fingerprint density at radius 2 is 2.19 bits per heavy atom. The molecule has 118 valence electrons. The SMILES string of the molecule is COCC(N)C(=O)N1CCc2c(Cl)cc(Cl)cc2C1C.Cl. The molecule has 1 amide bonds. The Bertz CT molecular complexity index is 525. The first-order chi connectivity index (χ1) is 9.45. The number of benzene rings is 1. The smallest absolute Gasteiger partial charge is 0.242 e. The Balaban J connectivity index is 0.00000220. The number of nitrogens with zero attached hydrogens (tertiary/aromatic N) is 1. The van der Waals surface area contributed by atoms with Gasteiger partial charge in [0.1, 0.15) is 6.04 Å². The van der Waals surface area contributed by atoms with E-state index in [4.69, 9.17) is 33.7 Å². The Labute approximate surface area is 140 Å². The molecule has 2 N–H and O–H groups in total. The first-order valence-corrected chi connectivity index (χ1v) is 7.24. The van der Waals surface area contributed by atoms with Crippen molar-refractivity contribution in [3.63, 3.8) is 0 Å². The summed E-state index contributed by atoms with van der Waals surface area (Å²) < 4.78 is 4.94. The number of amides is 1. The summed E-state index contributed by atoms with van der Waals surface area (Å²) in [6.07, 6.45) is 0.709. The zero-order valence-electron chi connectivity index (χ0n) is 11.9. The molecule has 0 bridgehead atoms. The summed E-state index contributed by atoms with van der Waals surface area (Å²) in [5.74, 6) is -0.110. The molecule has 1 aliphatic rings. The van der Waals surface area contributed by atoms with E-state index in [9.17, 15) is 4.79 Å². The number of hydrogen-bond donors (Lipinski definition) is 1. The normalized spacial score (nSPS) is 18.7. The number of rotatable bonds is 3. The molecule has 4 nitrogen and oxygen atoms in total. The second-order valence-electron chi connectivity index (χ2n) is 4.97. The summed E-state index contributed by atoms with van der Waals surface area (Å²) in [6.45, 7) is 2.78. The molecular formula is C14H19Cl3N2O2. The van der Waals surface area contributed by atoms with E-state index in [-0.39, 0.29) is 31.0 Å². The Kier molecular flexibility index (Phi) is 6.75. The number of fused-ring (bicyclic) bond motifs is 1. The van der Waals surface area contributed by atoms with Gasteiger partial charge in [-0.2, -0.15) is 0 Å². The van der Waals surface area contributed by atoms with Gasteiger partial charge in [-0.25, -0.2) is 0 Å². The zero-order chi connectivity index (χ0) is 14.9. The van der Waals surface area contributed by atoms with E-state index in [1.54, 1.807) is 11.0 Å².